The minimum atomic E-state index is -0.499. The van der Waals surface area contributed by atoms with Gasteiger partial charge in [-0.25, -0.2) is 5.10 Å². The third-order valence-electron chi connectivity index (χ3n) is 4.79. The van der Waals surface area contributed by atoms with Gasteiger partial charge in [0.15, 0.2) is 0 Å². The summed E-state index contributed by atoms with van der Waals surface area (Å²) in [5.41, 5.74) is 4.09. The minimum Gasteiger partial charge on any atom is -0.318 e. The van der Waals surface area contributed by atoms with Crippen LogP contribution in [0.2, 0.25) is 5.02 Å². The number of benzene rings is 2. The van der Waals surface area contributed by atoms with Crippen molar-refractivity contribution in [2.75, 3.05) is 5.32 Å². The highest BCUT2D eigenvalue weighted by Crippen LogP contribution is 2.42. The van der Waals surface area contributed by atoms with E-state index in [4.69, 9.17) is 11.6 Å². The van der Waals surface area contributed by atoms with Crippen LogP contribution in [0.4, 0.5) is 11.6 Å². The first-order valence-electron chi connectivity index (χ1n) is 8.62. The number of nitrogens with zero attached hydrogens (tertiary/aromatic N) is 5. The Hall–Kier alpha value is -3.52. The summed E-state index contributed by atoms with van der Waals surface area (Å²) in [4.78, 5) is 12.6. The molecule has 0 aliphatic carbocycles. The van der Waals surface area contributed by atoms with Crippen LogP contribution in [0.5, 0.6) is 0 Å². The van der Waals surface area contributed by atoms with Crippen LogP contribution >= 0.6 is 11.6 Å². The lowest BCUT2D eigenvalue weighted by Crippen LogP contribution is -2.29. The average molecular weight is 392 g/mol. The van der Waals surface area contributed by atoms with Gasteiger partial charge >= 0.3 is 0 Å². The molecule has 3 heterocycles. The van der Waals surface area contributed by atoms with Gasteiger partial charge < -0.3 is 5.32 Å². The van der Waals surface area contributed by atoms with Crippen LogP contribution in [0, 0.1) is 6.92 Å². The molecule has 9 heteroatoms. The van der Waals surface area contributed by atoms with E-state index in [2.05, 4.69) is 31.0 Å². The van der Waals surface area contributed by atoms with Gasteiger partial charge in [0.2, 0.25) is 5.95 Å². The maximum atomic E-state index is 12.6. The van der Waals surface area contributed by atoms with Crippen molar-refractivity contribution in [3.05, 3.63) is 80.6 Å². The second kappa shape index (κ2) is 6.28. The highest BCUT2D eigenvalue weighted by molar-refractivity contribution is 6.31. The van der Waals surface area contributed by atoms with Crippen molar-refractivity contribution in [3.8, 4) is 11.3 Å². The molecule has 0 saturated heterocycles. The number of hydrogen-bond donors (Lipinski definition) is 2. The molecule has 0 amide bonds. The van der Waals surface area contributed by atoms with E-state index >= 15 is 0 Å². The van der Waals surface area contributed by atoms with Crippen molar-refractivity contribution in [2.45, 2.75) is 13.0 Å². The highest BCUT2D eigenvalue weighted by atomic mass is 35.5. The standard InChI is InChI=1S/C19H14ClN7O/c1-10-6-8-11(9-7-10)15-14-16(18(28)23-22-15)21-19-24-25-26-27(19)17(14)12-4-2-3-5-13(12)20/h2-9,17H,1H3,(H,23,28)(H,21,24,26)/t17-/m0/s1. The molecule has 0 spiro atoms. The molecule has 5 rings (SSSR count). The Morgan fingerprint density at radius 1 is 1.11 bits per heavy atom. The van der Waals surface area contributed by atoms with Crippen LogP contribution in [0.3, 0.4) is 0 Å². The largest absolute Gasteiger partial charge is 0.318 e. The Bertz CT molecular complexity index is 1250. The van der Waals surface area contributed by atoms with Crippen molar-refractivity contribution in [3.63, 3.8) is 0 Å². The van der Waals surface area contributed by atoms with E-state index in [1.807, 2.05) is 49.4 Å². The summed E-state index contributed by atoms with van der Waals surface area (Å²) in [6.07, 6.45) is 0. The summed E-state index contributed by atoms with van der Waals surface area (Å²) in [7, 11) is 0. The third kappa shape index (κ3) is 2.49. The van der Waals surface area contributed by atoms with E-state index in [0.717, 1.165) is 16.7 Å². The van der Waals surface area contributed by atoms with Crippen molar-refractivity contribution in [2.24, 2.45) is 0 Å². The maximum Gasteiger partial charge on any atom is 0.288 e. The van der Waals surface area contributed by atoms with Gasteiger partial charge in [-0.3, -0.25) is 4.79 Å². The van der Waals surface area contributed by atoms with E-state index < -0.39 is 6.04 Å². The van der Waals surface area contributed by atoms with Crippen LogP contribution in [-0.2, 0) is 0 Å². The van der Waals surface area contributed by atoms with Crippen LogP contribution in [0.1, 0.15) is 22.7 Å². The zero-order valence-corrected chi connectivity index (χ0v) is 15.5. The monoisotopic (exact) mass is 391 g/mol. The lowest BCUT2D eigenvalue weighted by Gasteiger charge is -2.28. The van der Waals surface area contributed by atoms with Gasteiger partial charge in [-0.05, 0) is 23.4 Å². The summed E-state index contributed by atoms with van der Waals surface area (Å²) in [5, 5.41) is 22.4. The first kappa shape index (κ1) is 16.6. The van der Waals surface area contributed by atoms with Gasteiger partial charge in [0.1, 0.15) is 11.7 Å². The molecule has 1 atom stereocenters. The lowest BCUT2D eigenvalue weighted by atomic mass is 9.92. The van der Waals surface area contributed by atoms with Crippen molar-refractivity contribution in [1.29, 1.82) is 0 Å². The number of anilines is 2. The number of rotatable bonds is 2. The van der Waals surface area contributed by atoms with Crippen molar-refractivity contribution >= 4 is 23.2 Å². The van der Waals surface area contributed by atoms with Gasteiger partial charge in [0.05, 0.1) is 5.69 Å². The van der Waals surface area contributed by atoms with E-state index in [0.29, 0.717) is 27.9 Å². The molecule has 1 aliphatic rings. The molecule has 4 aromatic rings. The molecule has 138 valence electrons. The number of fused-ring (bicyclic) bond motifs is 2. The lowest BCUT2D eigenvalue weighted by molar-refractivity contribution is 0.567. The quantitative estimate of drug-likeness (QED) is 0.479. The molecule has 0 saturated carbocycles. The number of aromatic nitrogens is 6. The number of tetrazole rings is 1. The predicted molar refractivity (Wildman–Crippen MR) is 105 cm³/mol. The minimum absolute atomic E-state index is 0.350. The Morgan fingerprint density at radius 3 is 2.68 bits per heavy atom. The molecule has 0 unspecified atom stereocenters. The van der Waals surface area contributed by atoms with E-state index in [1.165, 1.54) is 0 Å². The highest BCUT2D eigenvalue weighted by Gasteiger charge is 2.35. The molecule has 28 heavy (non-hydrogen) atoms. The van der Waals surface area contributed by atoms with Crippen molar-refractivity contribution in [1.82, 2.24) is 30.4 Å². The number of nitrogens with one attached hydrogen (secondary N) is 2. The number of H-pyrrole nitrogens is 1. The molecule has 1 aliphatic heterocycles. The fourth-order valence-electron chi connectivity index (χ4n) is 3.45. The molecular weight excluding hydrogens is 378 g/mol. The van der Waals surface area contributed by atoms with Crippen LogP contribution in [-0.4, -0.2) is 30.4 Å². The zero-order valence-electron chi connectivity index (χ0n) is 14.7. The SMILES string of the molecule is Cc1ccc(-c2n[nH]c(=O)c3c2[C@H](c2ccccc2Cl)n2nnnc2N3)cc1. The Balaban J connectivity index is 1.84. The zero-order chi connectivity index (χ0) is 19.3. The maximum absolute atomic E-state index is 12.6. The van der Waals surface area contributed by atoms with E-state index in [9.17, 15) is 4.79 Å². The molecular formula is C19H14ClN7O. The second-order valence-electron chi connectivity index (χ2n) is 6.55. The van der Waals surface area contributed by atoms with E-state index in [1.54, 1.807) is 10.7 Å². The average Bonchev–Trinajstić information content (AvgIpc) is 3.17. The summed E-state index contributed by atoms with van der Waals surface area (Å²) < 4.78 is 1.61. The van der Waals surface area contributed by atoms with Gasteiger partial charge in [-0.15, -0.1) is 0 Å². The summed E-state index contributed by atoms with van der Waals surface area (Å²) >= 11 is 6.51. The first-order chi connectivity index (χ1) is 13.6. The first-order valence-corrected chi connectivity index (χ1v) is 9.00. The number of hydrogen-bond acceptors (Lipinski definition) is 6. The number of aromatic amines is 1. The van der Waals surface area contributed by atoms with Crippen LogP contribution in [0.25, 0.3) is 11.3 Å². The Labute approximate surface area is 164 Å². The predicted octanol–water partition coefficient (Wildman–Crippen LogP) is 3.08. The molecule has 2 N–H and O–H groups in total. The molecule has 0 fully saturated rings. The molecule has 2 aromatic heterocycles. The number of aryl methyl sites for hydroxylation is 1. The van der Waals surface area contributed by atoms with Crippen LogP contribution in [0.15, 0.2) is 53.3 Å². The van der Waals surface area contributed by atoms with Crippen molar-refractivity contribution < 1.29 is 0 Å². The van der Waals surface area contributed by atoms with Crippen LogP contribution < -0.4 is 10.9 Å². The molecule has 0 radical (unpaired) electrons. The Kier molecular flexibility index (Phi) is 3.73. The second-order valence-corrected chi connectivity index (χ2v) is 6.96. The van der Waals surface area contributed by atoms with Gasteiger partial charge in [0, 0.05) is 21.7 Å². The molecule has 2 aromatic carbocycles. The third-order valence-corrected chi connectivity index (χ3v) is 5.14. The van der Waals surface area contributed by atoms with Gasteiger partial charge in [-0.1, -0.05) is 64.7 Å². The molecule has 8 nitrogen and oxygen atoms in total. The topological polar surface area (TPSA) is 101 Å². The summed E-state index contributed by atoms with van der Waals surface area (Å²) in [5.74, 6) is 0.365. The van der Waals surface area contributed by atoms with Gasteiger partial charge in [-0.2, -0.15) is 9.78 Å². The van der Waals surface area contributed by atoms with Gasteiger partial charge in [0.25, 0.3) is 5.56 Å². The normalized spacial score (nSPS) is 14.9. The van der Waals surface area contributed by atoms with E-state index in [-0.39, 0.29) is 5.56 Å². The summed E-state index contributed by atoms with van der Waals surface area (Å²) in [6, 6.07) is 14.9. The Morgan fingerprint density at radius 2 is 1.89 bits per heavy atom. The fraction of sp³-hybridized carbons (Fsp3) is 0.105. The fourth-order valence-corrected chi connectivity index (χ4v) is 3.69. The number of halogens is 1. The summed E-state index contributed by atoms with van der Waals surface area (Å²) in [6.45, 7) is 2.01. The smallest absolute Gasteiger partial charge is 0.288 e. The molecule has 0 bridgehead atoms.